The van der Waals surface area contributed by atoms with Crippen LogP contribution < -0.4 is 0 Å². The van der Waals surface area contributed by atoms with E-state index in [-0.39, 0.29) is 17.5 Å². The minimum absolute atomic E-state index is 0.0000732. The van der Waals surface area contributed by atoms with E-state index >= 15 is 0 Å². The van der Waals surface area contributed by atoms with Gasteiger partial charge in [0.1, 0.15) is 0 Å². The summed E-state index contributed by atoms with van der Waals surface area (Å²) < 4.78 is 26.5. The minimum atomic E-state index is -3.51. The summed E-state index contributed by atoms with van der Waals surface area (Å²) in [6.45, 7) is 1.89. The summed E-state index contributed by atoms with van der Waals surface area (Å²) in [5, 5.41) is 8.71. The van der Waals surface area contributed by atoms with Gasteiger partial charge in [-0.15, -0.1) is 0 Å². The number of thioether (sulfide) groups is 1. The maximum absolute atomic E-state index is 12.6. The molecule has 6 heteroatoms. The number of benzene rings is 1. The Balaban J connectivity index is 3.04. The molecule has 0 amide bonds. The Morgan fingerprint density at radius 3 is 2.76 bits per heavy atom. The quantitative estimate of drug-likeness (QED) is 0.810. The number of aliphatic hydroxyl groups is 1. The molecule has 0 aliphatic rings. The molecule has 0 aromatic heterocycles. The van der Waals surface area contributed by atoms with Crippen LogP contribution in [0.5, 0.6) is 0 Å². The van der Waals surface area contributed by atoms with Crippen molar-refractivity contribution in [3.05, 3.63) is 29.8 Å². The first kappa shape index (κ1) is 18.1. The lowest BCUT2D eigenvalue weighted by molar-refractivity contribution is 0.305. The Hall–Kier alpha value is -1.00. The summed E-state index contributed by atoms with van der Waals surface area (Å²) in [7, 11) is -1.91. The number of hydrogen-bond acceptors (Lipinski definition) is 4. The van der Waals surface area contributed by atoms with Gasteiger partial charge in [0.25, 0.3) is 0 Å². The van der Waals surface area contributed by atoms with Gasteiger partial charge in [-0.25, -0.2) is 8.42 Å². The second-order valence-electron chi connectivity index (χ2n) is 4.63. The Bertz CT molecular complexity index is 617. The first-order valence-electron chi connectivity index (χ1n) is 6.60. The third-order valence-corrected chi connectivity index (χ3v) is 5.79. The van der Waals surface area contributed by atoms with E-state index in [1.54, 1.807) is 43.1 Å². The van der Waals surface area contributed by atoms with Crippen LogP contribution in [0.4, 0.5) is 0 Å². The predicted octanol–water partition coefficient (Wildman–Crippen LogP) is 1.79. The largest absolute Gasteiger partial charge is 0.395 e. The van der Waals surface area contributed by atoms with Gasteiger partial charge in [-0.05, 0) is 31.4 Å². The van der Waals surface area contributed by atoms with Crippen molar-refractivity contribution in [3.8, 4) is 11.8 Å². The lowest BCUT2D eigenvalue weighted by Crippen LogP contribution is -2.36. The zero-order chi connectivity index (χ0) is 15.9. The molecule has 0 bridgehead atoms. The molecule has 4 nitrogen and oxygen atoms in total. The smallest absolute Gasteiger partial charge is 0.243 e. The monoisotopic (exact) mass is 327 g/mol. The van der Waals surface area contributed by atoms with Crippen molar-refractivity contribution in [2.75, 3.05) is 25.7 Å². The van der Waals surface area contributed by atoms with Crippen LogP contribution in [0.25, 0.3) is 0 Å². The zero-order valence-electron chi connectivity index (χ0n) is 12.5. The first-order valence-corrected chi connectivity index (χ1v) is 9.43. The van der Waals surface area contributed by atoms with Gasteiger partial charge in [-0.3, -0.25) is 0 Å². The molecule has 1 rings (SSSR count). The highest BCUT2D eigenvalue weighted by atomic mass is 32.2. The Labute approximate surface area is 131 Å². The molecule has 0 saturated heterocycles. The fourth-order valence-corrected chi connectivity index (χ4v) is 3.91. The number of sulfonamides is 1. The summed E-state index contributed by atoms with van der Waals surface area (Å²) in [6, 6.07) is 6.52. The maximum Gasteiger partial charge on any atom is 0.243 e. The van der Waals surface area contributed by atoms with Crippen LogP contribution in [0.1, 0.15) is 18.9 Å². The van der Waals surface area contributed by atoms with Crippen molar-refractivity contribution in [1.82, 2.24) is 4.31 Å². The maximum atomic E-state index is 12.6. The van der Waals surface area contributed by atoms with E-state index in [1.807, 2.05) is 13.2 Å². The predicted molar refractivity (Wildman–Crippen MR) is 87.8 cm³/mol. The summed E-state index contributed by atoms with van der Waals surface area (Å²) in [5.41, 5.74) is 0.635. The summed E-state index contributed by atoms with van der Waals surface area (Å²) in [4.78, 5) is 0.244. The molecule has 1 aromatic carbocycles. The molecule has 0 radical (unpaired) electrons. The van der Waals surface area contributed by atoms with Crippen LogP contribution in [0.3, 0.4) is 0 Å². The second-order valence-corrected chi connectivity index (χ2v) is 7.54. The molecule has 0 heterocycles. The van der Waals surface area contributed by atoms with Crippen molar-refractivity contribution in [2.24, 2.45) is 0 Å². The molecule has 116 valence electrons. The molecule has 1 atom stereocenters. The molecular formula is C15H21NO3S2. The lowest BCUT2D eigenvalue weighted by atomic mass is 10.2. The van der Waals surface area contributed by atoms with Crippen LogP contribution in [0.15, 0.2) is 29.2 Å². The van der Waals surface area contributed by atoms with Crippen molar-refractivity contribution >= 4 is 21.8 Å². The zero-order valence-corrected chi connectivity index (χ0v) is 14.2. The summed E-state index contributed by atoms with van der Waals surface area (Å²) >= 11 is 1.61. The molecule has 1 unspecified atom stereocenters. The number of hydrogen-bond donors (Lipinski definition) is 1. The van der Waals surface area contributed by atoms with Gasteiger partial charge in [0.15, 0.2) is 0 Å². The van der Waals surface area contributed by atoms with Crippen molar-refractivity contribution in [1.29, 1.82) is 0 Å². The molecule has 1 N–H and O–H groups in total. The second kappa shape index (κ2) is 8.44. The third-order valence-electron chi connectivity index (χ3n) is 3.01. The van der Waals surface area contributed by atoms with Crippen molar-refractivity contribution < 1.29 is 13.5 Å². The highest BCUT2D eigenvalue weighted by Gasteiger charge is 2.25. The minimum Gasteiger partial charge on any atom is -0.395 e. The van der Waals surface area contributed by atoms with E-state index in [2.05, 4.69) is 11.8 Å². The van der Waals surface area contributed by atoms with E-state index in [0.717, 1.165) is 5.75 Å². The summed E-state index contributed by atoms with van der Waals surface area (Å²) in [6.07, 6.45) is 2.33. The molecule has 21 heavy (non-hydrogen) atoms. The SMILES string of the molecule is CSCC(C)N(C)S(=O)(=O)c1cccc(C#CCCO)c1. The third kappa shape index (κ3) is 5.04. The van der Waals surface area contributed by atoms with Gasteiger partial charge in [-0.1, -0.05) is 17.9 Å². The van der Waals surface area contributed by atoms with E-state index < -0.39 is 10.0 Å². The molecule has 0 saturated carbocycles. The van der Waals surface area contributed by atoms with E-state index in [4.69, 9.17) is 5.11 Å². The van der Waals surface area contributed by atoms with Gasteiger partial charge in [0.2, 0.25) is 10.0 Å². The van der Waals surface area contributed by atoms with Crippen LogP contribution in [0, 0.1) is 11.8 Å². The Kier molecular flexibility index (Phi) is 7.26. The van der Waals surface area contributed by atoms with Crippen LogP contribution in [-0.2, 0) is 10.0 Å². The molecular weight excluding hydrogens is 306 g/mol. The molecule has 0 aliphatic heterocycles. The average Bonchev–Trinajstić information content (AvgIpc) is 2.47. The van der Waals surface area contributed by atoms with E-state index in [1.165, 1.54) is 4.31 Å². The standard InChI is InChI=1S/C15H21NO3S2/c1-13(12-20-3)16(2)21(18,19)15-9-6-8-14(11-15)7-4-5-10-17/h6,8-9,11,13,17H,5,10,12H2,1-3H3. The normalized spacial score (nSPS) is 12.8. The van der Waals surface area contributed by atoms with Gasteiger partial charge in [-0.2, -0.15) is 16.1 Å². The Morgan fingerprint density at radius 1 is 1.43 bits per heavy atom. The van der Waals surface area contributed by atoms with Crippen LogP contribution in [-0.4, -0.2) is 49.5 Å². The summed E-state index contributed by atoms with van der Waals surface area (Å²) in [5.74, 6) is 6.39. The highest BCUT2D eigenvalue weighted by molar-refractivity contribution is 7.98. The molecule has 0 fully saturated rings. The van der Waals surface area contributed by atoms with Gasteiger partial charge < -0.3 is 5.11 Å². The fraction of sp³-hybridized carbons (Fsp3) is 0.467. The fourth-order valence-electron chi connectivity index (χ4n) is 1.70. The highest BCUT2D eigenvalue weighted by Crippen LogP contribution is 2.19. The molecule has 1 aromatic rings. The van der Waals surface area contributed by atoms with E-state index in [0.29, 0.717) is 12.0 Å². The van der Waals surface area contributed by atoms with Gasteiger partial charge >= 0.3 is 0 Å². The van der Waals surface area contributed by atoms with Gasteiger partial charge in [0.05, 0.1) is 11.5 Å². The van der Waals surface area contributed by atoms with Crippen LogP contribution >= 0.6 is 11.8 Å². The number of rotatable bonds is 6. The van der Waals surface area contributed by atoms with E-state index in [9.17, 15) is 8.42 Å². The van der Waals surface area contributed by atoms with Crippen molar-refractivity contribution in [2.45, 2.75) is 24.3 Å². The first-order chi connectivity index (χ1) is 9.93. The Morgan fingerprint density at radius 2 is 2.14 bits per heavy atom. The van der Waals surface area contributed by atoms with Gasteiger partial charge in [0, 0.05) is 30.8 Å². The number of nitrogens with zero attached hydrogens (tertiary/aromatic N) is 1. The number of aliphatic hydroxyl groups excluding tert-OH is 1. The molecule has 0 aliphatic carbocycles. The van der Waals surface area contributed by atoms with Crippen molar-refractivity contribution in [3.63, 3.8) is 0 Å². The van der Waals surface area contributed by atoms with Crippen LogP contribution in [0.2, 0.25) is 0 Å². The average molecular weight is 327 g/mol. The lowest BCUT2D eigenvalue weighted by Gasteiger charge is -2.23. The molecule has 0 spiro atoms. The topological polar surface area (TPSA) is 57.6 Å².